The molecule has 33 heavy (non-hydrogen) atoms. The zero-order valence-electron chi connectivity index (χ0n) is 20.9. The molecule has 0 amide bonds. The van der Waals surface area contributed by atoms with Gasteiger partial charge in [-0.05, 0) is 88.3 Å². The highest BCUT2D eigenvalue weighted by Gasteiger charge is 2.10. The first-order valence-electron chi connectivity index (χ1n) is 11.4. The minimum Gasteiger partial charge on any atom is -0.370 e. The molecule has 0 atom stereocenters. The molecule has 0 aliphatic rings. The molecule has 0 bridgehead atoms. The molecule has 2 heterocycles. The van der Waals surface area contributed by atoms with Gasteiger partial charge in [0.2, 0.25) is 0 Å². The van der Waals surface area contributed by atoms with Crippen molar-refractivity contribution >= 4 is 44.2 Å². The van der Waals surface area contributed by atoms with Crippen LogP contribution < -0.4 is 5.32 Å². The van der Waals surface area contributed by atoms with E-state index >= 15 is 0 Å². The first kappa shape index (κ1) is 28.7. The smallest absolute Gasteiger partial charge is 0.128 e. The van der Waals surface area contributed by atoms with Crippen molar-refractivity contribution in [3.63, 3.8) is 0 Å². The molecular weight excluding hydrogens is 490 g/mol. The summed E-state index contributed by atoms with van der Waals surface area (Å²) in [5.41, 5.74) is 6.83. The maximum Gasteiger partial charge on any atom is 0.128 e. The summed E-state index contributed by atoms with van der Waals surface area (Å²) in [4.78, 5) is 0. The Morgan fingerprint density at radius 1 is 1.18 bits per heavy atom. The third kappa shape index (κ3) is 9.18. The van der Waals surface area contributed by atoms with Gasteiger partial charge in [-0.1, -0.05) is 70.2 Å². The Labute approximate surface area is 213 Å². The Morgan fingerprint density at radius 3 is 2.36 bits per heavy atom. The Bertz CT molecular complexity index is 1030. The van der Waals surface area contributed by atoms with Crippen LogP contribution in [-0.2, 0) is 0 Å². The molecule has 0 spiro atoms. The molecule has 3 nitrogen and oxygen atoms in total. The maximum atomic E-state index is 4.46. The topological polar surface area (TPSA) is 29.9 Å². The van der Waals surface area contributed by atoms with Crippen molar-refractivity contribution in [2.75, 3.05) is 6.54 Å². The fourth-order valence-electron chi connectivity index (χ4n) is 2.90. The fraction of sp³-hybridized carbons (Fsp3) is 0.321. The van der Waals surface area contributed by atoms with E-state index in [9.17, 15) is 0 Å². The van der Waals surface area contributed by atoms with Gasteiger partial charge in [0.05, 0.1) is 16.4 Å². The SMILES string of the molecule is C=C(/C=C(/NCCCC)n1ncc(Br)c1C)c1ccccc1C.C=C(C)c1ccsc1.CC. The summed E-state index contributed by atoms with van der Waals surface area (Å²) in [7, 11) is 0. The van der Waals surface area contributed by atoms with E-state index in [2.05, 4.69) is 88.4 Å². The van der Waals surface area contributed by atoms with Crippen LogP contribution in [0.3, 0.4) is 0 Å². The predicted molar refractivity (Wildman–Crippen MR) is 152 cm³/mol. The van der Waals surface area contributed by atoms with Crippen molar-refractivity contribution in [1.82, 2.24) is 15.1 Å². The van der Waals surface area contributed by atoms with Crippen LogP contribution in [0.5, 0.6) is 0 Å². The molecule has 0 fully saturated rings. The fourth-order valence-corrected chi connectivity index (χ4v) is 3.89. The third-order valence-corrected chi connectivity index (χ3v) is 6.29. The van der Waals surface area contributed by atoms with E-state index < -0.39 is 0 Å². The van der Waals surface area contributed by atoms with Crippen LogP contribution in [-0.4, -0.2) is 16.3 Å². The zero-order chi connectivity index (χ0) is 24.8. The number of halogens is 1. The molecule has 178 valence electrons. The third-order valence-electron chi connectivity index (χ3n) is 4.83. The van der Waals surface area contributed by atoms with Gasteiger partial charge >= 0.3 is 0 Å². The van der Waals surface area contributed by atoms with Gasteiger partial charge in [-0.3, -0.25) is 0 Å². The van der Waals surface area contributed by atoms with E-state index in [4.69, 9.17) is 0 Å². The standard InChI is InChI=1S/C19H24BrN3.C7H8S.C2H6/c1-5-6-11-21-19(23-16(4)18(20)13-22-23)12-15(3)17-10-8-7-9-14(17)2;1-6(2)7-3-4-8-5-7;1-2/h7-10,12-13,21H,3,5-6,11H2,1-2,4H3;3-5H,1H2,2H3;1-2H3/b19-12-;;. The molecule has 2 aromatic heterocycles. The Hall–Kier alpha value is -2.37. The number of unbranched alkanes of at least 4 members (excludes halogenated alkanes) is 1. The van der Waals surface area contributed by atoms with Crippen LogP contribution in [0, 0.1) is 13.8 Å². The second-order valence-electron chi connectivity index (χ2n) is 7.43. The molecule has 0 aliphatic carbocycles. The van der Waals surface area contributed by atoms with Crippen LogP contribution in [0.4, 0.5) is 0 Å². The monoisotopic (exact) mass is 527 g/mol. The maximum absolute atomic E-state index is 4.46. The van der Waals surface area contributed by atoms with Crippen LogP contribution in [0.2, 0.25) is 0 Å². The summed E-state index contributed by atoms with van der Waals surface area (Å²) in [6, 6.07) is 10.4. The van der Waals surface area contributed by atoms with Crippen molar-refractivity contribution in [2.24, 2.45) is 0 Å². The highest BCUT2D eigenvalue weighted by Crippen LogP contribution is 2.22. The molecule has 5 heteroatoms. The number of nitrogens with zero attached hydrogens (tertiary/aromatic N) is 2. The molecule has 1 aromatic carbocycles. The molecule has 3 aromatic rings. The summed E-state index contributed by atoms with van der Waals surface area (Å²) in [6.07, 6.45) is 6.17. The lowest BCUT2D eigenvalue weighted by Crippen LogP contribution is -2.20. The Morgan fingerprint density at radius 2 is 1.88 bits per heavy atom. The minimum absolute atomic E-state index is 0.917. The quantitative estimate of drug-likeness (QED) is 0.234. The number of benzene rings is 1. The molecule has 0 saturated heterocycles. The van der Waals surface area contributed by atoms with Gasteiger partial charge in [0.1, 0.15) is 5.82 Å². The Kier molecular flexibility index (Phi) is 13.4. The van der Waals surface area contributed by atoms with E-state index in [1.165, 1.54) is 11.1 Å². The van der Waals surface area contributed by atoms with Crippen LogP contribution in [0.1, 0.15) is 62.9 Å². The number of aryl methyl sites for hydroxylation is 1. The molecule has 0 radical (unpaired) electrons. The normalized spacial score (nSPS) is 10.5. The van der Waals surface area contributed by atoms with E-state index in [1.54, 1.807) is 11.3 Å². The highest BCUT2D eigenvalue weighted by molar-refractivity contribution is 9.10. The number of hydrogen-bond donors (Lipinski definition) is 1. The number of allylic oxidation sites excluding steroid dienone is 3. The Balaban J connectivity index is 0.000000454. The largest absolute Gasteiger partial charge is 0.370 e. The molecule has 3 rings (SSSR count). The van der Waals surface area contributed by atoms with E-state index in [0.717, 1.165) is 52.1 Å². The van der Waals surface area contributed by atoms with Gasteiger partial charge in [-0.15, -0.1) is 0 Å². The highest BCUT2D eigenvalue weighted by atomic mass is 79.9. The number of nitrogens with one attached hydrogen (secondary N) is 1. The number of hydrogen-bond acceptors (Lipinski definition) is 3. The summed E-state index contributed by atoms with van der Waals surface area (Å²) in [5.74, 6) is 0.954. The average Bonchev–Trinajstić information content (AvgIpc) is 3.46. The lowest BCUT2D eigenvalue weighted by atomic mass is 10.0. The van der Waals surface area contributed by atoms with Gasteiger partial charge < -0.3 is 5.32 Å². The second kappa shape index (κ2) is 15.5. The van der Waals surface area contributed by atoms with Crippen molar-refractivity contribution in [2.45, 2.75) is 54.4 Å². The van der Waals surface area contributed by atoms with Gasteiger partial charge in [0.15, 0.2) is 0 Å². The van der Waals surface area contributed by atoms with Gasteiger partial charge in [-0.2, -0.15) is 16.4 Å². The van der Waals surface area contributed by atoms with Gasteiger partial charge in [0.25, 0.3) is 0 Å². The number of thiophene rings is 1. The first-order chi connectivity index (χ1) is 15.8. The molecular formula is C28H38BrN3S. The molecule has 0 saturated carbocycles. The van der Waals surface area contributed by atoms with Crippen LogP contribution >= 0.6 is 27.3 Å². The summed E-state index contributed by atoms with van der Waals surface area (Å²) < 4.78 is 2.92. The second-order valence-corrected chi connectivity index (χ2v) is 9.07. The van der Waals surface area contributed by atoms with Crippen molar-refractivity contribution in [3.8, 4) is 0 Å². The zero-order valence-corrected chi connectivity index (χ0v) is 23.3. The molecule has 0 unspecified atom stereocenters. The van der Waals surface area contributed by atoms with Crippen LogP contribution in [0.25, 0.3) is 17.0 Å². The number of aromatic nitrogens is 2. The molecule has 1 N–H and O–H groups in total. The van der Waals surface area contributed by atoms with E-state index in [-0.39, 0.29) is 0 Å². The van der Waals surface area contributed by atoms with Gasteiger partial charge in [-0.25, -0.2) is 4.68 Å². The van der Waals surface area contributed by atoms with Crippen LogP contribution in [0.15, 0.2) is 71.0 Å². The average molecular weight is 529 g/mol. The van der Waals surface area contributed by atoms with E-state index in [0.29, 0.717) is 0 Å². The predicted octanol–water partition coefficient (Wildman–Crippen LogP) is 8.97. The first-order valence-corrected chi connectivity index (χ1v) is 13.2. The van der Waals surface area contributed by atoms with E-state index in [1.807, 2.05) is 50.7 Å². The number of rotatable bonds is 8. The summed E-state index contributed by atoms with van der Waals surface area (Å²) >= 11 is 5.24. The lowest BCUT2D eigenvalue weighted by molar-refractivity contribution is 0.700. The minimum atomic E-state index is 0.917. The van der Waals surface area contributed by atoms with Crippen molar-refractivity contribution in [1.29, 1.82) is 0 Å². The summed E-state index contributed by atoms with van der Waals surface area (Å²) in [5, 5.41) is 12.1. The summed E-state index contributed by atoms with van der Waals surface area (Å²) in [6.45, 7) is 21.3. The lowest BCUT2D eigenvalue weighted by Gasteiger charge is -2.14. The van der Waals surface area contributed by atoms with Gasteiger partial charge in [0, 0.05) is 6.54 Å². The van der Waals surface area contributed by atoms with Crippen molar-refractivity contribution in [3.05, 3.63) is 93.4 Å². The molecule has 0 aliphatic heterocycles. The van der Waals surface area contributed by atoms with Crippen molar-refractivity contribution < 1.29 is 0 Å².